The van der Waals surface area contributed by atoms with Gasteiger partial charge in [-0.05, 0) is 31.6 Å². The van der Waals surface area contributed by atoms with Crippen molar-refractivity contribution >= 4 is 5.97 Å². The van der Waals surface area contributed by atoms with Gasteiger partial charge in [-0.2, -0.15) is 0 Å². The van der Waals surface area contributed by atoms with Gasteiger partial charge in [0.1, 0.15) is 0 Å². The molecule has 0 unspecified atom stereocenters. The monoisotopic (exact) mass is 255 g/mol. The van der Waals surface area contributed by atoms with Crippen molar-refractivity contribution in [2.45, 2.75) is 45.4 Å². The lowest BCUT2D eigenvalue weighted by molar-refractivity contribution is -0.497. The molecule has 102 valence electrons. The summed E-state index contributed by atoms with van der Waals surface area (Å²) in [6.07, 6.45) is 5.47. The Labute approximate surface area is 107 Å². The van der Waals surface area contributed by atoms with Gasteiger partial charge in [0.05, 0.1) is 13.0 Å². The van der Waals surface area contributed by atoms with E-state index in [0.717, 1.165) is 12.8 Å². The summed E-state index contributed by atoms with van der Waals surface area (Å²) in [5.41, 5.74) is -0.439. The third kappa shape index (κ3) is 2.82. The number of nitrogens with zero attached hydrogens (tertiary/aromatic N) is 1. The Morgan fingerprint density at radius 2 is 2.00 bits per heavy atom. The molecule has 0 N–H and O–H groups in total. The number of carbonyl (C=O) groups excluding carboxylic acids is 1. The Bertz CT molecular complexity index is 330. The number of hydrogen-bond acceptors (Lipinski definition) is 4. The lowest BCUT2D eigenvalue weighted by atomic mass is 9.80. The minimum atomic E-state index is -0.439. The number of esters is 1. The summed E-state index contributed by atoms with van der Waals surface area (Å²) < 4.78 is 4.97. The van der Waals surface area contributed by atoms with Crippen molar-refractivity contribution in [2.75, 3.05) is 13.2 Å². The van der Waals surface area contributed by atoms with Crippen molar-refractivity contribution in [3.63, 3.8) is 0 Å². The van der Waals surface area contributed by atoms with Crippen LogP contribution in [0.4, 0.5) is 0 Å². The van der Waals surface area contributed by atoms with E-state index in [2.05, 4.69) is 0 Å². The molecule has 0 radical (unpaired) electrons. The molecule has 0 bridgehead atoms. The van der Waals surface area contributed by atoms with Crippen LogP contribution in [0, 0.1) is 27.4 Å². The number of ether oxygens (including phenoxy) is 1. The van der Waals surface area contributed by atoms with Crippen molar-refractivity contribution < 1.29 is 14.5 Å². The Balaban J connectivity index is 2.05. The molecule has 2 atom stereocenters. The fraction of sp³-hybridized carbons (Fsp3) is 0.923. The van der Waals surface area contributed by atoms with Gasteiger partial charge in [0, 0.05) is 10.3 Å². The molecule has 0 heterocycles. The normalized spacial score (nSPS) is 28.9. The molecular formula is C13H21NO4. The van der Waals surface area contributed by atoms with E-state index in [-0.39, 0.29) is 23.9 Å². The smallest absolute Gasteiger partial charge is 0.306 e. The Morgan fingerprint density at radius 3 is 2.50 bits per heavy atom. The van der Waals surface area contributed by atoms with E-state index >= 15 is 0 Å². The topological polar surface area (TPSA) is 69.4 Å². The summed E-state index contributed by atoms with van der Waals surface area (Å²) >= 11 is 0. The number of nitro groups is 1. The molecule has 2 aliphatic carbocycles. The second kappa shape index (κ2) is 5.24. The van der Waals surface area contributed by atoms with Crippen LogP contribution in [0.1, 0.15) is 45.4 Å². The van der Waals surface area contributed by atoms with Crippen molar-refractivity contribution in [3.05, 3.63) is 10.1 Å². The summed E-state index contributed by atoms with van der Waals surface area (Å²) in [4.78, 5) is 22.3. The van der Waals surface area contributed by atoms with Gasteiger partial charge < -0.3 is 4.74 Å². The van der Waals surface area contributed by atoms with Gasteiger partial charge in [-0.15, -0.1) is 0 Å². The average Bonchev–Trinajstić information content (AvgIpc) is 2.74. The van der Waals surface area contributed by atoms with Crippen molar-refractivity contribution in [2.24, 2.45) is 17.3 Å². The fourth-order valence-electron chi connectivity index (χ4n) is 3.97. The highest BCUT2D eigenvalue weighted by atomic mass is 16.6. The zero-order valence-electron chi connectivity index (χ0n) is 10.9. The van der Waals surface area contributed by atoms with E-state index in [1.807, 2.05) is 0 Å². The summed E-state index contributed by atoms with van der Waals surface area (Å²) in [6, 6.07) is 0. The predicted octanol–water partition coefficient (Wildman–Crippen LogP) is 2.41. The van der Waals surface area contributed by atoms with Crippen LogP contribution < -0.4 is 0 Å². The highest BCUT2D eigenvalue weighted by Gasteiger charge is 2.50. The van der Waals surface area contributed by atoms with Crippen LogP contribution in [0.5, 0.6) is 0 Å². The van der Waals surface area contributed by atoms with Crippen molar-refractivity contribution in [1.82, 2.24) is 0 Å². The molecule has 0 saturated heterocycles. The largest absolute Gasteiger partial charge is 0.466 e. The minimum absolute atomic E-state index is 0.0845. The molecule has 0 aliphatic heterocycles. The summed E-state index contributed by atoms with van der Waals surface area (Å²) in [5.74, 6) is 0.915. The molecule has 18 heavy (non-hydrogen) atoms. The van der Waals surface area contributed by atoms with Crippen molar-refractivity contribution in [3.8, 4) is 0 Å². The van der Waals surface area contributed by atoms with Gasteiger partial charge in [-0.1, -0.05) is 19.3 Å². The van der Waals surface area contributed by atoms with Gasteiger partial charge >= 0.3 is 5.97 Å². The van der Waals surface area contributed by atoms with Gasteiger partial charge in [-0.25, -0.2) is 0 Å². The minimum Gasteiger partial charge on any atom is -0.466 e. The zero-order chi connectivity index (χ0) is 13.2. The van der Waals surface area contributed by atoms with Crippen LogP contribution in [0.15, 0.2) is 0 Å². The van der Waals surface area contributed by atoms with Crippen LogP contribution in [0.2, 0.25) is 0 Å². The van der Waals surface area contributed by atoms with Gasteiger partial charge in [0.2, 0.25) is 6.54 Å². The maximum absolute atomic E-state index is 11.7. The van der Waals surface area contributed by atoms with Crippen LogP contribution >= 0.6 is 0 Å². The van der Waals surface area contributed by atoms with Crippen LogP contribution in [0.25, 0.3) is 0 Å². The zero-order valence-corrected chi connectivity index (χ0v) is 10.9. The maximum Gasteiger partial charge on any atom is 0.306 e. The first-order chi connectivity index (χ1) is 8.54. The molecule has 2 aliphatic rings. The molecule has 0 aromatic heterocycles. The van der Waals surface area contributed by atoms with E-state index in [4.69, 9.17) is 4.74 Å². The van der Waals surface area contributed by atoms with Gasteiger partial charge in [0.15, 0.2) is 0 Å². The first-order valence-corrected chi connectivity index (χ1v) is 6.82. The third-order valence-electron chi connectivity index (χ3n) is 4.50. The van der Waals surface area contributed by atoms with Crippen LogP contribution in [-0.2, 0) is 9.53 Å². The highest BCUT2D eigenvalue weighted by Crippen LogP contribution is 2.54. The Hall–Kier alpha value is -1.13. The molecule has 0 aromatic rings. The van der Waals surface area contributed by atoms with Gasteiger partial charge in [0.25, 0.3) is 0 Å². The fourth-order valence-corrected chi connectivity index (χ4v) is 3.97. The molecule has 2 rings (SSSR count). The van der Waals surface area contributed by atoms with E-state index in [9.17, 15) is 14.9 Å². The van der Waals surface area contributed by atoms with E-state index in [1.54, 1.807) is 6.92 Å². The number of carbonyl (C=O) groups is 1. The summed E-state index contributed by atoms with van der Waals surface area (Å²) in [7, 11) is 0. The second-order valence-electron chi connectivity index (χ2n) is 5.83. The lowest BCUT2D eigenvalue weighted by Crippen LogP contribution is -2.31. The second-order valence-corrected chi connectivity index (χ2v) is 5.83. The van der Waals surface area contributed by atoms with Gasteiger partial charge in [-0.3, -0.25) is 14.9 Å². The summed E-state index contributed by atoms with van der Waals surface area (Å²) in [5, 5.41) is 10.9. The standard InChI is InChI=1S/C13H21NO4/c1-2-18-12(15)8-13(9-14(16)17)6-10-4-3-5-11(10)7-13/h10-11H,2-9H2,1H3/t10-,11-/m1/s1. The predicted molar refractivity (Wildman–Crippen MR) is 65.6 cm³/mol. The SMILES string of the molecule is CCOC(=O)CC1(C[N+](=O)[O-])C[C@H]2CCC[C@@H]2C1. The molecule has 2 fully saturated rings. The number of hydrogen-bond donors (Lipinski definition) is 0. The Morgan fingerprint density at radius 1 is 1.39 bits per heavy atom. The lowest BCUT2D eigenvalue weighted by Gasteiger charge is -2.24. The van der Waals surface area contributed by atoms with Crippen molar-refractivity contribution in [1.29, 1.82) is 0 Å². The molecule has 0 aromatic carbocycles. The van der Waals surface area contributed by atoms with E-state index in [0.29, 0.717) is 18.4 Å². The maximum atomic E-state index is 11.7. The van der Waals surface area contributed by atoms with Crippen LogP contribution in [0.3, 0.4) is 0 Å². The first-order valence-electron chi connectivity index (χ1n) is 6.82. The molecular weight excluding hydrogens is 234 g/mol. The van der Waals surface area contributed by atoms with Crippen LogP contribution in [-0.4, -0.2) is 24.0 Å². The quantitative estimate of drug-likeness (QED) is 0.430. The number of rotatable bonds is 5. The van der Waals surface area contributed by atoms with E-state index < -0.39 is 5.41 Å². The number of fused-ring (bicyclic) bond motifs is 1. The summed E-state index contributed by atoms with van der Waals surface area (Å²) in [6.45, 7) is 2.03. The highest BCUT2D eigenvalue weighted by molar-refractivity contribution is 5.70. The molecule has 5 nitrogen and oxygen atoms in total. The first kappa shape index (κ1) is 13.3. The Kier molecular flexibility index (Phi) is 3.88. The van der Waals surface area contributed by atoms with E-state index in [1.165, 1.54) is 19.3 Å². The molecule has 2 saturated carbocycles. The average molecular weight is 255 g/mol. The molecule has 0 spiro atoms. The third-order valence-corrected chi connectivity index (χ3v) is 4.50. The molecule has 0 amide bonds. The molecule has 5 heteroatoms.